The quantitative estimate of drug-likeness (QED) is 0.916. The van der Waals surface area contributed by atoms with Crippen LogP contribution in [0.3, 0.4) is 0 Å². The fourth-order valence-corrected chi connectivity index (χ4v) is 3.13. The van der Waals surface area contributed by atoms with E-state index in [-0.39, 0.29) is 5.91 Å². The Hall–Kier alpha value is -2.14. The number of carbonyl (C=O) groups is 1. The molecule has 24 heavy (non-hydrogen) atoms. The molecule has 0 spiro atoms. The number of halogens is 1. The lowest BCUT2D eigenvalue weighted by Gasteiger charge is -2.31. The molecule has 0 aliphatic carbocycles. The van der Waals surface area contributed by atoms with Crippen LogP contribution < -0.4 is 10.2 Å². The second kappa shape index (κ2) is 7.18. The fourth-order valence-electron chi connectivity index (χ4n) is 2.94. The summed E-state index contributed by atoms with van der Waals surface area (Å²) in [4.78, 5) is 23.7. The van der Waals surface area contributed by atoms with E-state index in [0.717, 1.165) is 25.2 Å². The molecular weight excluding hydrogens is 324 g/mol. The number of aryl methyl sites for hydroxylation is 1. The molecular formula is C18H21ClN4O. The van der Waals surface area contributed by atoms with Gasteiger partial charge in [0.25, 0.3) is 5.91 Å². The Labute approximate surface area is 147 Å². The minimum Gasteiger partial charge on any atom is -0.341 e. The molecule has 2 heterocycles. The highest BCUT2D eigenvalue weighted by molar-refractivity contribution is 6.30. The Morgan fingerprint density at radius 3 is 2.92 bits per heavy atom. The lowest BCUT2D eigenvalue weighted by molar-refractivity contribution is 0.102. The summed E-state index contributed by atoms with van der Waals surface area (Å²) < 4.78 is 0. The average molecular weight is 345 g/mol. The van der Waals surface area contributed by atoms with E-state index in [1.807, 2.05) is 6.92 Å². The number of amides is 1. The molecule has 1 aromatic heterocycles. The second-order valence-electron chi connectivity index (χ2n) is 6.35. The molecule has 0 saturated carbocycles. The van der Waals surface area contributed by atoms with Gasteiger partial charge >= 0.3 is 0 Å². The second-order valence-corrected chi connectivity index (χ2v) is 6.79. The number of hydrogen-bond donors (Lipinski definition) is 1. The van der Waals surface area contributed by atoms with Crippen molar-refractivity contribution in [2.45, 2.75) is 26.7 Å². The molecule has 2 aromatic rings. The molecule has 1 amide bonds. The summed E-state index contributed by atoms with van der Waals surface area (Å²) in [5.74, 6) is 0.999. The van der Waals surface area contributed by atoms with Gasteiger partial charge in [-0.2, -0.15) is 0 Å². The highest BCUT2D eigenvalue weighted by Crippen LogP contribution is 2.21. The van der Waals surface area contributed by atoms with Gasteiger partial charge in [-0.15, -0.1) is 0 Å². The van der Waals surface area contributed by atoms with Crippen molar-refractivity contribution in [1.29, 1.82) is 0 Å². The van der Waals surface area contributed by atoms with E-state index in [2.05, 4.69) is 27.1 Å². The Morgan fingerprint density at radius 2 is 2.17 bits per heavy atom. The minimum atomic E-state index is -0.255. The van der Waals surface area contributed by atoms with Crippen LogP contribution in [0.25, 0.3) is 0 Å². The van der Waals surface area contributed by atoms with Crippen molar-refractivity contribution in [1.82, 2.24) is 9.97 Å². The zero-order valence-electron chi connectivity index (χ0n) is 13.9. The third kappa shape index (κ3) is 4.03. The Morgan fingerprint density at radius 1 is 1.33 bits per heavy atom. The average Bonchev–Trinajstić information content (AvgIpc) is 2.54. The molecule has 1 N–H and O–H groups in total. The SMILES string of the molecule is Cc1cc(C(=O)Nc2cccc(Cl)c2)nc(N2CCCC(C)C2)n1. The molecule has 1 saturated heterocycles. The maximum atomic E-state index is 12.5. The van der Waals surface area contributed by atoms with Crippen molar-refractivity contribution in [2.75, 3.05) is 23.3 Å². The molecule has 1 aliphatic rings. The lowest BCUT2D eigenvalue weighted by Crippen LogP contribution is -2.36. The van der Waals surface area contributed by atoms with E-state index in [1.54, 1.807) is 30.3 Å². The van der Waals surface area contributed by atoms with E-state index in [0.29, 0.717) is 28.3 Å². The summed E-state index contributed by atoms with van der Waals surface area (Å²) >= 11 is 5.96. The zero-order valence-corrected chi connectivity index (χ0v) is 14.7. The van der Waals surface area contributed by atoms with Gasteiger partial charge in [0.05, 0.1) is 0 Å². The van der Waals surface area contributed by atoms with Gasteiger partial charge in [0.2, 0.25) is 5.95 Å². The first kappa shape index (κ1) is 16.7. The van der Waals surface area contributed by atoms with Crippen LogP contribution in [0.5, 0.6) is 0 Å². The third-order valence-electron chi connectivity index (χ3n) is 4.10. The van der Waals surface area contributed by atoms with Gasteiger partial charge in [-0.1, -0.05) is 24.6 Å². The van der Waals surface area contributed by atoms with Crippen LogP contribution in [0.15, 0.2) is 30.3 Å². The molecule has 126 valence electrons. The summed E-state index contributed by atoms with van der Waals surface area (Å²) in [5.41, 5.74) is 1.81. The van der Waals surface area contributed by atoms with Crippen LogP contribution in [-0.4, -0.2) is 29.0 Å². The Kier molecular flexibility index (Phi) is 5.00. The van der Waals surface area contributed by atoms with Gasteiger partial charge < -0.3 is 10.2 Å². The summed E-state index contributed by atoms with van der Waals surface area (Å²) in [7, 11) is 0. The number of hydrogen-bond acceptors (Lipinski definition) is 4. The van der Waals surface area contributed by atoms with Gasteiger partial charge in [-0.25, -0.2) is 9.97 Å². The number of aromatic nitrogens is 2. The number of rotatable bonds is 3. The largest absolute Gasteiger partial charge is 0.341 e. The molecule has 1 aromatic carbocycles. The van der Waals surface area contributed by atoms with E-state index in [4.69, 9.17) is 11.6 Å². The van der Waals surface area contributed by atoms with Crippen molar-refractivity contribution >= 4 is 29.1 Å². The first-order valence-corrected chi connectivity index (χ1v) is 8.56. The van der Waals surface area contributed by atoms with E-state index in [1.165, 1.54) is 6.42 Å². The summed E-state index contributed by atoms with van der Waals surface area (Å²) in [6.45, 7) is 5.98. The van der Waals surface area contributed by atoms with Crippen LogP contribution in [0.4, 0.5) is 11.6 Å². The predicted molar refractivity (Wildman–Crippen MR) is 96.8 cm³/mol. The predicted octanol–water partition coefficient (Wildman–Crippen LogP) is 3.93. The standard InChI is InChI=1S/C18H21ClN4O/c1-12-5-4-8-23(11-12)18-20-13(2)9-16(22-18)17(24)21-15-7-3-6-14(19)10-15/h3,6-7,9-10,12H,4-5,8,11H2,1-2H3,(H,21,24). The van der Waals surface area contributed by atoms with Gasteiger partial charge in [0, 0.05) is 29.5 Å². The third-order valence-corrected chi connectivity index (χ3v) is 4.33. The summed E-state index contributed by atoms with van der Waals surface area (Å²) in [6, 6.07) is 8.77. The van der Waals surface area contributed by atoms with Crippen LogP contribution in [0, 0.1) is 12.8 Å². The van der Waals surface area contributed by atoms with Crippen LogP contribution in [0.2, 0.25) is 5.02 Å². The number of nitrogens with zero attached hydrogens (tertiary/aromatic N) is 3. The molecule has 0 bridgehead atoms. The maximum Gasteiger partial charge on any atom is 0.274 e. The minimum absolute atomic E-state index is 0.255. The molecule has 6 heteroatoms. The van der Waals surface area contributed by atoms with Crippen molar-refractivity contribution in [3.05, 3.63) is 46.7 Å². The van der Waals surface area contributed by atoms with Crippen molar-refractivity contribution < 1.29 is 4.79 Å². The topological polar surface area (TPSA) is 58.1 Å². The van der Waals surface area contributed by atoms with E-state index >= 15 is 0 Å². The van der Waals surface area contributed by atoms with Crippen LogP contribution in [0.1, 0.15) is 35.9 Å². The highest BCUT2D eigenvalue weighted by Gasteiger charge is 2.20. The van der Waals surface area contributed by atoms with Crippen molar-refractivity contribution in [3.63, 3.8) is 0 Å². The molecule has 1 unspecified atom stereocenters. The fraction of sp³-hybridized carbons (Fsp3) is 0.389. The smallest absolute Gasteiger partial charge is 0.274 e. The van der Waals surface area contributed by atoms with Gasteiger partial charge in [0.15, 0.2) is 0 Å². The number of anilines is 2. The molecule has 1 fully saturated rings. The van der Waals surface area contributed by atoms with Gasteiger partial charge in [-0.3, -0.25) is 4.79 Å². The first-order valence-electron chi connectivity index (χ1n) is 8.19. The lowest BCUT2D eigenvalue weighted by atomic mass is 10.0. The number of piperidine rings is 1. The normalized spacial score (nSPS) is 17.6. The molecule has 3 rings (SSSR count). The summed E-state index contributed by atoms with van der Waals surface area (Å²) in [6.07, 6.45) is 2.35. The Bertz CT molecular complexity index is 750. The number of benzene rings is 1. The van der Waals surface area contributed by atoms with Gasteiger partial charge in [0.1, 0.15) is 5.69 Å². The monoisotopic (exact) mass is 344 g/mol. The Balaban J connectivity index is 1.81. The van der Waals surface area contributed by atoms with Crippen LogP contribution in [-0.2, 0) is 0 Å². The molecule has 0 radical (unpaired) electrons. The van der Waals surface area contributed by atoms with Crippen molar-refractivity contribution in [2.24, 2.45) is 5.92 Å². The first-order chi connectivity index (χ1) is 11.5. The summed E-state index contributed by atoms with van der Waals surface area (Å²) in [5, 5.41) is 3.41. The highest BCUT2D eigenvalue weighted by atomic mass is 35.5. The van der Waals surface area contributed by atoms with Crippen molar-refractivity contribution in [3.8, 4) is 0 Å². The molecule has 1 atom stereocenters. The maximum absolute atomic E-state index is 12.5. The van der Waals surface area contributed by atoms with Crippen LogP contribution >= 0.6 is 11.6 Å². The molecule has 5 nitrogen and oxygen atoms in total. The van der Waals surface area contributed by atoms with Gasteiger partial charge in [-0.05, 0) is 49.9 Å². The number of carbonyl (C=O) groups excluding carboxylic acids is 1. The number of nitrogens with one attached hydrogen (secondary N) is 1. The molecule has 1 aliphatic heterocycles. The van der Waals surface area contributed by atoms with E-state index in [9.17, 15) is 4.79 Å². The zero-order chi connectivity index (χ0) is 17.1. The van der Waals surface area contributed by atoms with E-state index < -0.39 is 0 Å².